The summed E-state index contributed by atoms with van der Waals surface area (Å²) in [6.45, 7) is 12.9. The molecule has 0 aromatic carbocycles. The Morgan fingerprint density at radius 1 is 1.24 bits per heavy atom. The van der Waals surface area contributed by atoms with Gasteiger partial charge < -0.3 is 15.3 Å². The summed E-state index contributed by atoms with van der Waals surface area (Å²) in [5, 5.41) is 12.9. The number of hydrogen-bond donors (Lipinski definition) is 2. The van der Waals surface area contributed by atoms with Crippen molar-refractivity contribution in [2.45, 2.75) is 52.5 Å². The molecule has 2 heterocycles. The van der Waals surface area contributed by atoms with E-state index in [1.54, 1.807) is 0 Å². The van der Waals surface area contributed by atoms with Crippen molar-refractivity contribution in [3.63, 3.8) is 0 Å². The number of rotatable bonds is 8. The minimum Gasteiger partial charge on any atom is -0.396 e. The third-order valence-electron chi connectivity index (χ3n) is 5.87. The molecule has 0 aliphatic carbocycles. The average Bonchev–Trinajstić information content (AvgIpc) is 3.28. The molecule has 0 radical (unpaired) electrons. The van der Waals surface area contributed by atoms with Crippen LogP contribution in [-0.4, -0.2) is 72.8 Å². The zero-order chi connectivity index (χ0) is 17.4. The molecule has 0 aromatic heterocycles. The Labute approximate surface area is 171 Å². The second kappa shape index (κ2) is 11.4. The van der Waals surface area contributed by atoms with Crippen molar-refractivity contribution in [3.05, 3.63) is 12.2 Å². The lowest BCUT2D eigenvalue weighted by Gasteiger charge is -2.31. The summed E-state index contributed by atoms with van der Waals surface area (Å²) < 4.78 is 0. The number of nitrogens with zero attached hydrogens (tertiary/aromatic N) is 3. The second-order valence-corrected chi connectivity index (χ2v) is 7.16. The molecule has 0 aromatic rings. The third kappa shape index (κ3) is 6.10. The Balaban J connectivity index is 0.00000312. The molecule has 1 fully saturated rings. The highest BCUT2D eigenvalue weighted by Gasteiger charge is 2.30. The van der Waals surface area contributed by atoms with Crippen LogP contribution in [0.4, 0.5) is 0 Å². The van der Waals surface area contributed by atoms with Gasteiger partial charge in [-0.1, -0.05) is 26.0 Å². The Morgan fingerprint density at radius 2 is 1.92 bits per heavy atom. The Bertz CT molecular complexity index is 429. The molecule has 2 rings (SSSR count). The van der Waals surface area contributed by atoms with E-state index >= 15 is 0 Å². The molecule has 6 heteroatoms. The first kappa shape index (κ1) is 22.7. The van der Waals surface area contributed by atoms with Gasteiger partial charge in [0.25, 0.3) is 0 Å². The summed E-state index contributed by atoms with van der Waals surface area (Å²) in [7, 11) is 0. The largest absolute Gasteiger partial charge is 0.396 e. The van der Waals surface area contributed by atoms with Gasteiger partial charge in [0, 0.05) is 51.9 Å². The maximum atomic E-state index is 9.41. The van der Waals surface area contributed by atoms with Crippen LogP contribution < -0.4 is 5.32 Å². The molecule has 0 amide bonds. The van der Waals surface area contributed by atoms with Gasteiger partial charge in [0.2, 0.25) is 0 Å². The van der Waals surface area contributed by atoms with Gasteiger partial charge >= 0.3 is 0 Å². The minimum absolute atomic E-state index is 0. The van der Waals surface area contributed by atoms with E-state index in [2.05, 4.69) is 48.0 Å². The molecule has 5 nitrogen and oxygen atoms in total. The van der Waals surface area contributed by atoms with Gasteiger partial charge in [-0.25, -0.2) is 0 Å². The zero-order valence-corrected chi connectivity index (χ0v) is 18.5. The van der Waals surface area contributed by atoms with Crippen molar-refractivity contribution < 1.29 is 5.11 Å². The second-order valence-electron chi connectivity index (χ2n) is 7.16. The highest BCUT2D eigenvalue weighted by atomic mass is 127. The minimum atomic E-state index is 0. The summed E-state index contributed by atoms with van der Waals surface area (Å²) in [6, 6.07) is 0.642. The molecule has 2 aliphatic heterocycles. The molecule has 0 spiro atoms. The van der Waals surface area contributed by atoms with Crippen LogP contribution in [-0.2, 0) is 0 Å². The fraction of sp³-hybridized carbons (Fsp3) is 0.842. The van der Waals surface area contributed by atoms with Crippen LogP contribution in [0.15, 0.2) is 17.1 Å². The van der Waals surface area contributed by atoms with Crippen LogP contribution in [0.1, 0.15) is 46.5 Å². The summed E-state index contributed by atoms with van der Waals surface area (Å²) in [5.41, 5.74) is 0.132. The van der Waals surface area contributed by atoms with E-state index < -0.39 is 0 Å². The van der Waals surface area contributed by atoms with Gasteiger partial charge in [-0.2, -0.15) is 0 Å². The molecular weight excluding hydrogens is 427 g/mol. The van der Waals surface area contributed by atoms with Crippen LogP contribution in [0.25, 0.3) is 0 Å². The van der Waals surface area contributed by atoms with Crippen LogP contribution in [0.3, 0.4) is 0 Å². The number of guanidine groups is 1. The van der Waals surface area contributed by atoms with E-state index in [-0.39, 0.29) is 36.0 Å². The van der Waals surface area contributed by atoms with Gasteiger partial charge in [0.15, 0.2) is 5.96 Å². The van der Waals surface area contributed by atoms with Gasteiger partial charge in [-0.05, 0) is 38.0 Å². The Hall–Kier alpha value is -0.340. The molecule has 25 heavy (non-hydrogen) atoms. The molecule has 0 bridgehead atoms. The Kier molecular flexibility index (Phi) is 10.3. The third-order valence-corrected chi connectivity index (χ3v) is 5.87. The summed E-state index contributed by atoms with van der Waals surface area (Å²) in [5.74, 6) is 1.05. The first-order chi connectivity index (χ1) is 11.7. The van der Waals surface area contributed by atoms with Gasteiger partial charge in [-0.3, -0.25) is 9.89 Å². The Morgan fingerprint density at radius 3 is 2.48 bits per heavy atom. The smallest absolute Gasteiger partial charge is 0.193 e. The van der Waals surface area contributed by atoms with Crippen molar-refractivity contribution in [2.24, 2.45) is 10.4 Å². The highest BCUT2D eigenvalue weighted by molar-refractivity contribution is 14.0. The van der Waals surface area contributed by atoms with Crippen LogP contribution in [0.5, 0.6) is 0 Å². The van der Waals surface area contributed by atoms with Crippen LogP contribution in [0.2, 0.25) is 0 Å². The average molecular weight is 464 g/mol. The lowest BCUT2D eigenvalue weighted by atomic mass is 9.79. The maximum absolute atomic E-state index is 9.41. The first-order valence-electron chi connectivity index (χ1n) is 9.71. The predicted octanol–water partition coefficient (Wildman–Crippen LogP) is 2.70. The highest BCUT2D eigenvalue weighted by Crippen LogP contribution is 2.31. The topological polar surface area (TPSA) is 51.1 Å². The number of nitrogens with one attached hydrogen (secondary N) is 1. The monoisotopic (exact) mass is 464 g/mol. The number of aliphatic hydroxyl groups is 1. The zero-order valence-electron chi connectivity index (χ0n) is 16.2. The summed E-state index contributed by atoms with van der Waals surface area (Å²) in [6.07, 6.45) is 8.73. The van der Waals surface area contributed by atoms with E-state index in [0.717, 1.165) is 64.5 Å². The predicted molar refractivity (Wildman–Crippen MR) is 117 cm³/mol. The van der Waals surface area contributed by atoms with E-state index in [4.69, 9.17) is 4.99 Å². The fourth-order valence-electron chi connectivity index (χ4n) is 3.84. The number of aliphatic imine (C=N–C) groups is 1. The van der Waals surface area contributed by atoms with Gasteiger partial charge in [0.05, 0.1) is 0 Å². The van der Waals surface area contributed by atoms with Crippen molar-refractivity contribution in [1.82, 2.24) is 15.1 Å². The fourth-order valence-corrected chi connectivity index (χ4v) is 3.84. The summed E-state index contributed by atoms with van der Waals surface area (Å²) in [4.78, 5) is 9.95. The lowest BCUT2D eigenvalue weighted by Crippen LogP contribution is -2.43. The van der Waals surface area contributed by atoms with Crippen molar-refractivity contribution in [2.75, 3.05) is 45.9 Å². The van der Waals surface area contributed by atoms with Gasteiger partial charge in [-0.15, -0.1) is 24.0 Å². The van der Waals surface area contributed by atoms with Crippen molar-refractivity contribution in [3.8, 4) is 0 Å². The molecule has 0 saturated carbocycles. The lowest BCUT2D eigenvalue weighted by molar-refractivity contribution is 0.175. The molecule has 1 atom stereocenters. The molecular formula is C19H37IN4O. The standard InChI is InChI=1S/C19H36N4O.HI/c1-4-19(5-2,10-14-24)16-21-18(20-6-3)23-13-9-17(15-23)22-11-7-8-12-22;/h7-8,17,24H,4-6,9-16H2,1-3H3,(H,20,21);1H. The van der Waals surface area contributed by atoms with Crippen LogP contribution in [0, 0.1) is 5.41 Å². The normalized spacial score (nSPS) is 21.7. The number of halogens is 1. The summed E-state index contributed by atoms with van der Waals surface area (Å²) >= 11 is 0. The molecule has 1 saturated heterocycles. The van der Waals surface area contributed by atoms with E-state index in [0.29, 0.717) is 6.04 Å². The quantitative estimate of drug-likeness (QED) is 0.251. The maximum Gasteiger partial charge on any atom is 0.193 e. The van der Waals surface area contributed by atoms with Crippen LogP contribution >= 0.6 is 24.0 Å². The number of aliphatic hydroxyl groups excluding tert-OH is 1. The number of hydrogen-bond acceptors (Lipinski definition) is 3. The van der Waals surface area contributed by atoms with Crippen molar-refractivity contribution >= 4 is 29.9 Å². The number of likely N-dealkylation sites (tertiary alicyclic amines) is 1. The van der Waals surface area contributed by atoms with Crippen molar-refractivity contribution in [1.29, 1.82) is 0 Å². The van der Waals surface area contributed by atoms with E-state index in [9.17, 15) is 5.11 Å². The van der Waals surface area contributed by atoms with E-state index in [1.165, 1.54) is 6.42 Å². The molecule has 2 aliphatic rings. The molecule has 146 valence electrons. The SMILES string of the molecule is CCNC(=NCC(CC)(CC)CCO)N1CCC(N2CC=CC2)C1.I. The van der Waals surface area contributed by atoms with Gasteiger partial charge in [0.1, 0.15) is 0 Å². The molecule has 1 unspecified atom stereocenters. The van der Waals surface area contributed by atoms with E-state index in [1.807, 2.05) is 0 Å². The first-order valence-corrected chi connectivity index (χ1v) is 9.71. The molecule has 2 N–H and O–H groups in total.